The van der Waals surface area contributed by atoms with Crippen LogP contribution < -0.4 is 0 Å². The lowest BCUT2D eigenvalue weighted by molar-refractivity contribution is 0.480. The number of nitrogens with zero attached hydrogens (tertiary/aromatic N) is 1. The Labute approximate surface area is 125 Å². The predicted octanol–water partition coefficient (Wildman–Crippen LogP) is 4.87. The van der Waals surface area contributed by atoms with Gasteiger partial charge in [0.05, 0.1) is 5.69 Å². The third kappa shape index (κ3) is 2.73. The summed E-state index contributed by atoms with van der Waals surface area (Å²) in [5.41, 5.74) is 2.56. The number of aromatic hydroxyl groups is 1. The number of aromatic nitrogens is 1. The lowest BCUT2D eigenvalue weighted by Crippen LogP contribution is -1.83. The van der Waals surface area contributed by atoms with Gasteiger partial charge in [0.2, 0.25) is 0 Å². The zero-order valence-corrected chi connectivity index (χ0v) is 12.2. The number of hydrogen-bond acceptors (Lipinski definition) is 2. The number of halogens is 1. The fourth-order valence-electron chi connectivity index (χ4n) is 1.99. The fraction of sp³-hybridized carbons (Fsp3) is 0. The predicted molar refractivity (Wildman–Crippen MR) is 86.5 cm³/mol. The molecule has 3 rings (SSSR count). The molecule has 0 saturated heterocycles. The van der Waals surface area contributed by atoms with Crippen LogP contribution in [0.4, 0.5) is 0 Å². The van der Waals surface area contributed by atoms with E-state index in [4.69, 9.17) is 0 Å². The second-order valence-electron chi connectivity index (χ2n) is 4.47. The van der Waals surface area contributed by atoms with Gasteiger partial charge in [-0.2, -0.15) is 0 Å². The van der Waals surface area contributed by atoms with Crippen molar-refractivity contribution < 1.29 is 5.11 Å². The van der Waals surface area contributed by atoms with Crippen LogP contribution in [0.25, 0.3) is 23.1 Å². The first kappa shape index (κ1) is 12.9. The molecule has 98 valence electrons. The van der Waals surface area contributed by atoms with Crippen LogP contribution in [-0.2, 0) is 0 Å². The average molecular weight is 326 g/mol. The van der Waals surface area contributed by atoms with Gasteiger partial charge in [0.25, 0.3) is 0 Å². The molecule has 3 aromatic rings. The highest BCUT2D eigenvalue weighted by Crippen LogP contribution is 2.23. The molecule has 2 aromatic carbocycles. The number of para-hydroxylation sites is 1. The standard InChI is InChI=1S/C17H12BrNO/c18-14-8-4-12(5-9-14)6-10-15-11-7-13-2-1-3-16(20)17(13)19-15/h1-11,20H/b10-6+. The Kier molecular flexibility index (Phi) is 3.52. The maximum atomic E-state index is 9.82. The van der Waals surface area contributed by atoms with Gasteiger partial charge in [0.1, 0.15) is 11.3 Å². The second kappa shape index (κ2) is 5.47. The lowest BCUT2D eigenvalue weighted by atomic mass is 10.1. The van der Waals surface area contributed by atoms with E-state index >= 15 is 0 Å². The first-order valence-corrected chi connectivity index (χ1v) is 7.04. The average Bonchev–Trinajstić information content (AvgIpc) is 2.47. The van der Waals surface area contributed by atoms with Crippen molar-refractivity contribution in [1.82, 2.24) is 4.98 Å². The smallest absolute Gasteiger partial charge is 0.141 e. The van der Waals surface area contributed by atoms with Crippen molar-refractivity contribution in [2.75, 3.05) is 0 Å². The van der Waals surface area contributed by atoms with Crippen LogP contribution in [0.3, 0.4) is 0 Å². The van der Waals surface area contributed by atoms with Crippen molar-refractivity contribution in [1.29, 1.82) is 0 Å². The zero-order valence-electron chi connectivity index (χ0n) is 10.6. The molecule has 0 bridgehead atoms. The Bertz CT molecular complexity index is 779. The van der Waals surface area contributed by atoms with Gasteiger partial charge in [0.15, 0.2) is 0 Å². The third-order valence-corrected chi connectivity index (χ3v) is 3.57. The summed E-state index contributed by atoms with van der Waals surface area (Å²) in [6, 6.07) is 17.4. The summed E-state index contributed by atoms with van der Waals surface area (Å²) in [5, 5.41) is 10.8. The van der Waals surface area contributed by atoms with Crippen LogP contribution in [0.1, 0.15) is 11.3 Å². The number of fused-ring (bicyclic) bond motifs is 1. The molecule has 1 heterocycles. The molecule has 0 saturated carbocycles. The van der Waals surface area contributed by atoms with E-state index in [9.17, 15) is 5.11 Å². The zero-order chi connectivity index (χ0) is 13.9. The minimum absolute atomic E-state index is 0.210. The molecule has 0 aliphatic carbocycles. The van der Waals surface area contributed by atoms with Crippen molar-refractivity contribution in [2.45, 2.75) is 0 Å². The summed E-state index contributed by atoms with van der Waals surface area (Å²) < 4.78 is 1.06. The van der Waals surface area contributed by atoms with Gasteiger partial charge in [-0.1, -0.05) is 52.3 Å². The number of benzene rings is 2. The van der Waals surface area contributed by atoms with Gasteiger partial charge in [-0.15, -0.1) is 0 Å². The highest BCUT2D eigenvalue weighted by Gasteiger charge is 2.00. The van der Waals surface area contributed by atoms with Gasteiger partial charge in [-0.25, -0.2) is 4.98 Å². The Morgan fingerprint density at radius 3 is 2.50 bits per heavy atom. The van der Waals surface area contributed by atoms with Gasteiger partial charge in [-0.3, -0.25) is 0 Å². The van der Waals surface area contributed by atoms with Crippen molar-refractivity contribution in [3.05, 3.63) is 70.3 Å². The van der Waals surface area contributed by atoms with Gasteiger partial charge < -0.3 is 5.11 Å². The topological polar surface area (TPSA) is 33.1 Å². The van der Waals surface area contributed by atoms with Crippen LogP contribution in [0.2, 0.25) is 0 Å². The monoisotopic (exact) mass is 325 g/mol. The minimum Gasteiger partial charge on any atom is -0.506 e. The number of rotatable bonds is 2. The molecule has 0 aliphatic rings. The summed E-state index contributed by atoms with van der Waals surface area (Å²) in [6.45, 7) is 0. The highest BCUT2D eigenvalue weighted by molar-refractivity contribution is 9.10. The molecule has 20 heavy (non-hydrogen) atoms. The highest BCUT2D eigenvalue weighted by atomic mass is 79.9. The van der Waals surface area contributed by atoms with E-state index in [-0.39, 0.29) is 5.75 Å². The molecule has 0 fully saturated rings. The van der Waals surface area contributed by atoms with E-state index in [1.807, 2.05) is 60.7 Å². The Balaban J connectivity index is 1.94. The van der Waals surface area contributed by atoms with Gasteiger partial charge in [0, 0.05) is 9.86 Å². The maximum Gasteiger partial charge on any atom is 0.141 e. The van der Waals surface area contributed by atoms with Crippen molar-refractivity contribution >= 4 is 39.0 Å². The van der Waals surface area contributed by atoms with E-state index < -0.39 is 0 Å². The molecule has 0 unspecified atom stereocenters. The Morgan fingerprint density at radius 1 is 0.900 bits per heavy atom. The quantitative estimate of drug-likeness (QED) is 0.728. The molecule has 3 heteroatoms. The van der Waals surface area contributed by atoms with Crippen LogP contribution >= 0.6 is 15.9 Å². The number of pyridine rings is 1. The van der Waals surface area contributed by atoms with E-state index in [1.165, 1.54) is 0 Å². The summed E-state index contributed by atoms with van der Waals surface area (Å²) in [5.74, 6) is 0.210. The van der Waals surface area contributed by atoms with Crippen molar-refractivity contribution in [3.63, 3.8) is 0 Å². The summed E-state index contributed by atoms with van der Waals surface area (Å²) in [7, 11) is 0. The molecule has 0 spiro atoms. The molecule has 0 aliphatic heterocycles. The van der Waals surface area contributed by atoms with E-state index in [2.05, 4.69) is 20.9 Å². The third-order valence-electron chi connectivity index (χ3n) is 3.04. The number of phenols is 1. The second-order valence-corrected chi connectivity index (χ2v) is 5.39. The molecule has 2 nitrogen and oxygen atoms in total. The molecule has 0 atom stereocenters. The van der Waals surface area contributed by atoms with Crippen LogP contribution in [0.5, 0.6) is 5.75 Å². The SMILES string of the molecule is Oc1cccc2ccc(/C=C/c3ccc(Br)cc3)nc12. The number of hydrogen-bond donors (Lipinski definition) is 1. The van der Waals surface area contributed by atoms with Crippen molar-refractivity contribution in [3.8, 4) is 5.75 Å². The van der Waals surface area contributed by atoms with Gasteiger partial charge >= 0.3 is 0 Å². The normalized spacial score (nSPS) is 11.2. The largest absolute Gasteiger partial charge is 0.506 e. The molecule has 0 amide bonds. The number of phenolic OH excluding ortho intramolecular Hbond substituents is 1. The van der Waals surface area contributed by atoms with E-state index in [1.54, 1.807) is 6.07 Å². The first-order chi connectivity index (χ1) is 9.72. The van der Waals surface area contributed by atoms with E-state index in [0.717, 1.165) is 21.1 Å². The summed E-state index contributed by atoms with van der Waals surface area (Å²) >= 11 is 3.41. The molecule has 1 aromatic heterocycles. The maximum absolute atomic E-state index is 9.82. The fourth-order valence-corrected chi connectivity index (χ4v) is 2.26. The summed E-state index contributed by atoms with van der Waals surface area (Å²) in [6.07, 6.45) is 3.94. The first-order valence-electron chi connectivity index (χ1n) is 6.25. The van der Waals surface area contributed by atoms with Gasteiger partial charge in [-0.05, 0) is 35.9 Å². The van der Waals surface area contributed by atoms with Crippen molar-refractivity contribution in [2.24, 2.45) is 0 Å². The van der Waals surface area contributed by atoms with Crippen LogP contribution in [0, 0.1) is 0 Å². The Hall–Kier alpha value is -2.13. The minimum atomic E-state index is 0.210. The lowest BCUT2D eigenvalue weighted by Gasteiger charge is -2.01. The molecule has 0 radical (unpaired) electrons. The molecule has 1 N–H and O–H groups in total. The molecular formula is C17H12BrNO. The van der Waals surface area contributed by atoms with Crippen LogP contribution in [0.15, 0.2) is 59.1 Å². The van der Waals surface area contributed by atoms with E-state index in [0.29, 0.717) is 5.52 Å². The summed E-state index contributed by atoms with van der Waals surface area (Å²) in [4.78, 5) is 4.46. The molecular weight excluding hydrogens is 314 g/mol. The van der Waals surface area contributed by atoms with Crippen LogP contribution in [-0.4, -0.2) is 10.1 Å². The Morgan fingerprint density at radius 2 is 1.70 bits per heavy atom.